The molecular formula is C12H26N2O3S. The van der Waals surface area contributed by atoms with E-state index < -0.39 is 10.0 Å². The van der Waals surface area contributed by atoms with Crippen molar-refractivity contribution in [3.8, 4) is 0 Å². The third kappa shape index (κ3) is 6.13. The zero-order valence-corrected chi connectivity index (χ0v) is 12.5. The topological polar surface area (TPSA) is 67.4 Å². The van der Waals surface area contributed by atoms with Gasteiger partial charge in [-0.1, -0.05) is 20.8 Å². The summed E-state index contributed by atoms with van der Waals surface area (Å²) in [5.41, 5.74) is 0.0385. The molecule has 1 fully saturated rings. The third-order valence-electron chi connectivity index (χ3n) is 3.34. The van der Waals surface area contributed by atoms with E-state index in [2.05, 4.69) is 17.0 Å². The molecule has 0 aromatic heterocycles. The second kappa shape index (κ2) is 6.84. The molecule has 0 bridgehead atoms. The van der Waals surface area contributed by atoms with Gasteiger partial charge in [0, 0.05) is 32.3 Å². The van der Waals surface area contributed by atoms with Crippen molar-refractivity contribution in [3.05, 3.63) is 0 Å². The number of hydrogen-bond acceptors (Lipinski definition) is 4. The van der Waals surface area contributed by atoms with Crippen LogP contribution in [0.15, 0.2) is 0 Å². The molecule has 0 spiro atoms. The first-order chi connectivity index (χ1) is 8.33. The molecule has 0 amide bonds. The highest BCUT2D eigenvalue weighted by molar-refractivity contribution is 7.89. The first-order valence-electron chi connectivity index (χ1n) is 6.61. The second-order valence-electron chi connectivity index (χ2n) is 5.67. The summed E-state index contributed by atoms with van der Waals surface area (Å²) < 4.78 is 31.6. The summed E-state index contributed by atoms with van der Waals surface area (Å²) in [4.78, 5) is 0. The SMILES string of the molecule is CC(C)NCCS(=O)(=O)NCC1(C)CCOCC1. The maximum Gasteiger partial charge on any atom is 0.212 e. The number of sulfonamides is 1. The van der Waals surface area contributed by atoms with E-state index in [4.69, 9.17) is 4.74 Å². The Bertz CT molecular complexity index is 335. The molecule has 0 atom stereocenters. The summed E-state index contributed by atoms with van der Waals surface area (Å²) in [5.74, 6) is 0.137. The van der Waals surface area contributed by atoms with E-state index in [9.17, 15) is 8.42 Å². The van der Waals surface area contributed by atoms with Crippen LogP contribution in [0.1, 0.15) is 33.6 Å². The molecule has 0 saturated carbocycles. The third-order valence-corrected chi connectivity index (χ3v) is 4.67. The van der Waals surface area contributed by atoms with Crippen molar-refractivity contribution in [2.24, 2.45) is 5.41 Å². The Kier molecular flexibility index (Phi) is 6.04. The average molecular weight is 278 g/mol. The summed E-state index contributed by atoms with van der Waals surface area (Å²) in [6, 6.07) is 0.313. The highest BCUT2D eigenvalue weighted by atomic mass is 32.2. The van der Waals surface area contributed by atoms with Crippen LogP contribution >= 0.6 is 0 Å². The lowest BCUT2D eigenvalue weighted by molar-refractivity contribution is 0.0265. The van der Waals surface area contributed by atoms with Crippen LogP contribution in [0, 0.1) is 5.41 Å². The van der Waals surface area contributed by atoms with Crippen LogP contribution in [0.4, 0.5) is 0 Å². The molecule has 5 nitrogen and oxygen atoms in total. The van der Waals surface area contributed by atoms with Crippen molar-refractivity contribution >= 4 is 10.0 Å². The van der Waals surface area contributed by atoms with Gasteiger partial charge in [0.15, 0.2) is 0 Å². The number of rotatable bonds is 7. The summed E-state index contributed by atoms with van der Waals surface area (Å²) in [6.07, 6.45) is 1.83. The maximum atomic E-state index is 11.8. The molecule has 0 unspecified atom stereocenters. The molecule has 1 aliphatic rings. The fraction of sp³-hybridized carbons (Fsp3) is 1.00. The van der Waals surface area contributed by atoms with Crippen molar-refractivity contribution in [2.45, 2.75) is 39.7 Å². The molecule has 6 heteroatoms. The number of ether oxygens (including phenoxy) is 1. The smallest absolute Gasteiger partial charge is 0.212 e. The Labute approximate surface area is 111 Å². The summed E-state index contributed by atoms with van der Waals surface area (Å²) in [6.45, 7) is 8.59. The number of nitrogens with one attached hydrogen (secondary N) is 2. The van der Waals surface area contributed by atoms with Gasteiger partial charge in [0.2, 0.25) is 10.0 Å². The largest absolute Gasteiger partial charge is 0.381 e. The lowest BCUT2D eigenvalue weighted by Crippen LogP contribution is -2.41. The van der Waals surface area contributed by atoms with Crippen LogP contribution in [0.2, 0.25) is 0 Å². The van der Waals surface area contributed by atoms with Crippen LogP contribution in [0.5, 0.6) is 0 Å². The maximum absolute atomic E-state index is 11.8. The second-order valence-corrected chi connectivity index (χ2v) is 7.60. The van der Waals surface area contributed by atoms with Gasteiger partial charge >= 0.3 is 0 Å². The monoisotopic (exact) mass is 278 g/mol. The predicted octanol–water partition coefficient (Wildman–Crippen LogP) is 0.721. The minimum absolute atomic E-state index is 0.0385. The fourth-order valence-electron chi connectivity index (χ4n) is 1.88. The first kappa shape index (κ1) is 15.9. The van der Waals surface area contributed by atoms with Crippen molar-refractivity contribution in [1.29, 1.82) is 0 Å². The van der Waals surface area contributed by atoms with Gasteiger partial charge in [-0.3, -0.25) is 0 Å². The average Bonchev–Trinajstić information content (AvgIpc) is 2.27. The Morgan fingerprint density at radius 1 is 1.28 bits per heavy atom. The lowest BCUT2D eigenvalue weighted by Gasteiger charge is -2.33. The van der Waals surface area contributed by atoms with Crippen LogP contribution in [0.3, 0.4) is 0 Å². The van der Waals surface area contributed by atoms with Gasteiger partial charge in [-0.25, -0.2) is 13.1 Å². The Balaban J connectivity index is 2.32. The van der Waals surface area contributed by atoms with E-state index in [0.717, 1.165) is 26.1 Å². The molecule has 2 N–H and O–H groups in total. The van der Waals surface area contributed by atoms with E-state index in [1.165, 1.54) is 0 Å². The molecule has 0 aliphatic carbocycles. The van der Waals surface area contributed by atoms with Gasteiger partial charge in [0.1, 0.15) is 0 Å². The molecule has 0 aromatic carbocycles. The fourth-order valence-corrected chi connectivity index (χ4v) is 2.98. The van der Waals surface area contributed by atoms with E-state index in [1.807, 2.05) is 13.8 Å². The minimum Gasteiger partial charge on any atom is -0.381 e. The zero-order valence-electron chi connectivity index (χ0n) is 11.7. The van der Waals surface area contributed by atoms with Crippen molar-refractivity contribution in [3.63, 3.8) is 0 Å². The standard InChI is InChI=1S/C12H26N2O3S/c1-11(2)13-6-9-18(15,16)14-10-12(3)4-7-17-8-5-12/h11,13-14H,4-10H2,1-3H3. The Hall–Kier alpha value is -0.170. The molecule has 0 radical (unpaired) electrons. The van der Waals surface area contributed by atoms with Gasteiger partial charge in [-0.05, 0) is 18.3 Å². The summed E-state index contributed by atoms with van der Waals surface area (Å²) >= 11 is 0. The Morgan fingerprint density at radius 2 is 1.89 bits per heavy atom. The molecule has 1 rings (SSSR count). The normalized spacial score (nSPS) is 20.2. The van der Waals surface area contributed by atoms with E-state index >= 15 is 0 Å². The van der Waals surface area contributed by atoms with E-state index in [-0.39, 0.29) is 11.2 Å². The van der Waals surface area contributed by atoms with E-state index in [0.29, 0.717) is 19.1 Å². The highest BCUT2D eigenvalue weighted by Crippen LogP contribution is 2.28. The van der Waals surface area contributed by atoms with Gasteiger partial charge < -0.3 is 10.1 Å². The van der Waals surface area contributed by atoms with Crippen LogP contribution in [0.25, 0.3) is 0 Å². The molecule has 1 heterocycles. The summed E-state index contributed by atoms with van der Waals surface area (Å²) in [5, 5.41) is 3.11. The van der Waals surface area contributed by atoms with Gasteiger partial charge in [-0.15, -0.1) is 0 Å². The molecule has 108 valence electrons. The van der Waals surface area contributed by atoms with Crippen molar-refractivity contribution < 1.29 is 13.2 Å². The van der Waals surface area contributed by atoms with Gasteiger partial charge in [0.25, 0.3) is 0 Å². The highest BCUT2D eigenvalue weighted by Gasteiger charge is 2.28. The molecular weight excluding hydrogens is 252 g/mol. The zero-order chi connectivity index (χ0) is 13.6. The molecule has 0 aromatic rings. The van der Waals surface area contributed by atoms with Crippen LogP contribution in [-0.4, -0.2) is 46.5 Å². The first-order valence-corrected chi connectivity index (χ1v) is 8.27. The minimum atomic E-state index is -3.17. The predicted molar refractivity (Wildman–Crippen MR) is 73.1 cm³/mol. The molecule has 18 heavy (non-hydrogen) atoms. The van der Waals surface area contributed by atoms with E-state index in [1.54, 1.807) is 0 Å². The summed E-state index contributed by atoms with van der Waals surface area (Å²) in [7, 11) is -3.17. The van der Waals surface area contributed by atoms with Crippen LogP contribution < -0.4 is 10.0 Å². The Morgan fingerprint density at radius 3 is 2.44 bits per heavy atom. The van der Waals surface area contributed by atoms with Crippen molar-refractivity contribution in [1.82, 2.24) is 10.0 Å². The van der Waals surface area contributed by atoms with Crippen LogP contribution in [-0.2, 0) is 14.8 Å². The number of hydrogen-bond donors (Lipinski definition) is 2. The van der Waals surface area contributed by atoms with Gasteiger partial charge in [-0.2, -0.15) is 0 Å². The molecule has 1 aliphatic heterocycles. The van der Waals surface area contributed by atoms with Gasteiger partial charge in [0.05, 0.1) is 5.75 Å². The molecule has 1 saturated heterocycles. The lowest BCUT2D eigenvalue weighted by atomic mass is 9.83. The quantitative estimate of drug-likeness (QED) is 0.720. The van der Waals surface area contributed by atoms with Crippen molar-refractivity contribution in [2.75, 3.05) is 32.1 Å².